The third-order valence-corrected chi connectivity index (χ3v) is 4.04. The molecular formula is C18H23F2N3O2. The SMILES string of the molecule is CC(C)(C)/C(O)=C/C(N)=NC[C@@H]1CCC(=O)N1c1ccc(F)c(F)c1. The molecule has 2 rings (SSSR count). The van der Waals surface area contributed by atoms with Crippen molar-refractivity contribution < 1.29 is 18.7 Å². The molecule has 1 amide bonds. The Morgan fingerprint density at radius 1 is 1.40 bits per heavy atom. The number of benzene rings is 1. The molecule has 1 heterocycles. The van der Waals surface area contributed by atoms with Gasteiger partial charge in [-0.15, -0.1) is 0 Å². The number of nitrogens with two attached hydrogens (primary N) is 1. The number of aliphatic imine (C=N–C) groups is 1. The minimum Gasteiger partial charge on any atom is -0.512 e. The number of amidine groups is 1. The third kappa shape index (κ3) is 4.55. The summed E-state index contributed by atoms with van der Waals surface area (Å²) in [6.45, 7) is 5.73. The van der Waals surface area contributed by atoms with E-state index in [0.717, 1.165) is 12.1 Å². The molecule has 0 bridgehead atoms. The first-order chi connectivity index (χ1) is 11.6. The summed E-state index contributed by atoms with van der Waals surface area (Å²) in [4.78, 5) is 17.7. The molecule has 5 nitrogen and oxygen atoms in total. The highest BCUT2D eigenvalue weighted by Gasteiger charge is 2.32. The van der Waals surface area contributed by atoms with E-state index in [4.69, 9.17) is 5.73 Å². The topological polar surface area (TPSA) is 78.9 Å². The van der Waals surface area contributed by atoms with Crippen LogP contribution in [-0.2, 0) is 4.79 Å². The van der Waals surface area contributed by atoms with E-state index in [1.807, 2.05) is 20.8 Å². The number of aliphatic hydroxyl groups is 1. The van der Waals surface area contributed by atoms with Gasteiger partial charge in [-0.3, -0.25) is 9.79 Å². The first-order valence-electron chi connectivity index (χ1n) is 8.08. The Kier molecular flexibility index (Phi) is 5.45. The Bertz CT molecular complexity index is 724. The number of aliphatic hydroxyl groups excluding tert-OH is 1. The first kappa shape index (κ1) is 18.9. The molecule has 0 spiro atoms. The van der Waals surface area contributed by atoms with E-state index in [0.29, 0.717) is 18.5 Å². The van der Waals surface area contributed by atoms with Crippen molar-refractivity contribution in [3.05, 3.63) is 41.7 Å². The fourth-order valence-electron chi connectivity index (χ4n) is 2.52. The van der Waals surface area contributed by atoms with Crippen molar-refractivity contribution in [1.82, 2.24) is 0 Å². The summed E-state index contributed by atoms with van der Waals surface area (Å²) in [6, 6.07) is 3.08. The van der Waals surface area contributed by atoms with Crippen LogP contribution in [0, 0.1) is 17.0 Å². The Labute approximate surface area is 145 Å². The molecule has 1 fully saturated rings. The zero-order valence-corrected chi connectivity index (χ0v) is 14.6. The molecule has 1 aliphatic rings. The van der Waals surface area contributed by atoms with Crippen LogP contribution in [0.15, 0.2) is 35.0 Å². The van der Waals surface area contributed by atoms with Gasteiger partial charge in [-0.05, 0) is 18.6 Å². The fraction of sp³-hybridized carbons (Fsp3) is 0.444. The van der Waals surface area contributed by atoms with Crippen molar-refractivity contribution in [2.24, 2.45) is 16.1 Å². The molecule has 3 N–H and O–H groups in total. The number of amides is 1. The predicted molar refractivity (Wildman–Crippen MR) is 93.5 cm³/mol. The summed E-state index contributed by atoms with van der Waals surface area (Å²) in [5.41, 5.74) is 5.67. The molecule has 0 saturated carbocycles. The number of hydrogen-bond donors (Lipinski definition) is 2. The van der Waals surface area contributed by atoms with Crippen LogP contribution < -0.4 is 10.6 Å². The number of hydrogen-bond acceptors (Lipinski definition) is 3. The molecule has 1 aliphatic heterocycles. The molecule has 136 valence electrons. The fourth-order valence-corrected chi connectivity index (χ4v) is 2.52. The number of anilines is 1. The van der Waals surface area contributed by atoms with Crippen LogP contribution in [-0.4, -0.2) is 29.4 Å². The van der Waals surface area contributed by atoms with Gasteiger partial charge in [0.05, 0.1) is 12.6 Å². The van der Waals surface area contributed by atoms with E-state index < -0.39 is 17.0 Å². The van der Waals surface area contributed by atoms with Crippen molar-refractivity contribution in [3.8, 4) is 0 Å². The number of carbonyl (C=O) groups excluding carboxylic acids is 1. The predicted octanol–water partition coefficient (Wildman–Crippen LogP) is 3.31. The van der Waals surface area contributed by atoms with Crippen LogP contribution in [0.1, 0.15) is 33.6 Å². The van der Waals surface area contributed by atoms with Crippen LogP contribution in [0.3, 0.4) is 0 Å². The Balaban J connectivity index is 2.17. The summed E-state index contributed by atoms with van der Waals surface area (Å²) < 4.78 is 26.6. The molecule has 7 heteroatoms. The second-order valence-electron chi connectivity index (χ2n) is 7.10. The number of rotatable bonds is 4. The lowest BCUT2D eigenvalue weighted by molar-refractivity contribution is -0.117. The van der Waals surface area contributed by atoms with E-state index in [2.05, 4.69) is 4.99 Å². The van der Waals surface area contributed by atoms with Gasteiger partial charge in [0, 0.05) is 29.7 Å². The lowest BCUT2D eigenvalue weighted by atomic mass is 9.93. The minimum atomic E-state index is -1.00. The van der Waals surface area contributed by atoms with E-state index in [1.165, 1.54) is 17.0 Å². The Morgan fingerprint density at radius 2 is 2.08 bits per heavy atom. The second kappa shape index (κ2) is 7.21. The van der Waals surface area contributed by atoms with Crippen molar-refractivity contribution in [3.63, 3.8) is 0 Å². The molecule has 0 radical (unpaired) electrons. The Hall–Kier alpha value is -2.44. The summed E-state index contributed by atoms with van der Waals surface area (Å²) >= 11 is 0. The van der Waals surface area contributed by atoms with Gasteiger partial charge in [0.15, 0.2) is 11.6 Å². The second-order valence-corrected chi connectivity index (χ2v) is 7.10. The molecule has 25 heavy (non-hydrogen) atoms. The van der Waals surface area contributed by atoms with Gasteiger partial charge in [0.2, 0.25) is 5.91 Å². The lowest BCUT2D eigenvalue weighted by Crippen LogP contribution is -2.35. The van der Waals surface area contributed by atoms with Crippen LogP contribution in [0.25, 0.3) is 0 Å². The van der Waals surface area contributed by atoms with Gasteiger partial charge in [0.1, 0.15) is 11.6 Å². The van der Waals surface area contributed by atoms with Crippen LogP contribution in [0.5, 0.6) is 0 Å². The largest absolute Gasteiger partial charge is 0.512 e. The van der Waals surface area contributed by atoms with Gasteiger partial charge in [-0.2, -0.15) is 0 Å². The molecular weight excluding hydrogens is 328 g/mol. The number of halogens is 2. The highest BCUT2D eigenvalue weighted by Crippen LogP contribution is 2.28. The molecule has 1 aromatic carbocycles. The third-order valence-electron chi connectivity index (χ3n) is 4.04. The summed E-state index contributed by atoms with van der Waals surface area (Å²) in [6.07, 6.45) is 2.24. The monoisotopic (exact) mass is 351 g/mol. The smallest absolute Gasteiger partial charge is 0.227 e. The van der Waals surface area contributed by atoms with Crippen molar-refractivity contribution in [2.75, 3.05) is 11.4 Å². The van der Waals surface area contributed by atoms with E-state index in [1.54, 1.807) is 0 Å². The zero-order valence-electron chi connectivity index (χ0n) is 14.6. The molecule has 1 aromatic rings. The van der Waals surface area contributed by atoms with Crippen LogP contribution >= 0.6 is 0 Å². The van der Waals surface area contributed by atoms with Gasteiger partial charge >= 0.3 is 0 Å². The van der Waals surface area contributed by atoms with Crippen molar-refractivity contribution in [1.29, 1.82) is 0 Å². The molecule has 0 unspecified atom stereocenters. The number of nitrogens with zero attached hydrogens (tertiary/aromatic N) is 2. The summed E-state index contributed by atoms with van der Waals surface area (Å²) in [5, 5.41) is 9.94. The highest BCUT2D eigenvalue weighted by molar-refractivity contribution is 5.96. The van der Waals surface area contributed by atoms with Gasteiger partial charge in [-0.1, -0.05) is 20.8 Å². The van der Waals surface area contributed by atoms with Gasteiger partial charge in [0.25, 0.3) is 0 Å². The molecule has 1 saturated heterocycles. The van der Waals surface area contributed by atoms with E-state index in [-0.39, 0.29) is 30.1 Å². The van der Waals surface area contributed by atoms with Crippen LogP contribution in [0.4, 0.5) is 14.5 Å². The summed E-state index contributed by atoms with van der Waals surface area (Å²) in [5.74, 6) is -1.88. The maximum atomic E-state index is 13.5. The average molecular weight is 351 g/mol. The average Bonchev–Trinajstić information content (AvgIpc) is 2.88. The highest BCUT2D eigenvalue weighted by atomic mass is 19.2. The maximum Gasteiger partial charge on any atom is 0.227 e. The van der Waals surface area contributed by atoms with E-state index >= 15 is 0 Å². The van der Waals surface area contributed by atoms with Crippen molar-refractivity contribution >= 4 is 17.4 Å². The molecule has 0 aliphatic carbocycles. The maximum absolute atomic E-state index is 13.5. The number of allylic oxidation sites excluding steroid dienone is 1. The molecule has 0 aromatic heterocycles. The van der Waals surface area contributed by atoms with Gasteiger partial charge < -0.3 is 15.7 Å². The van der Waals surface area contributed by atoms with E-state index in [9.17, 15) is 18.7 Å². The normalized spacial score (nSPS) is 19.6. The first-order valence-corrected chi connectivity index (χ1v) is 8.08. The quantitative estimate of drug-likeness (QED) is 0.496. The minimum absolute atomic E-state index is 0.105. The Morgan fingerprint density at radius 3 is 2.68 bits per heavy atom. The van der Waals surface area contributed by atoms with Crippen molar-refractivity contribution in [2.45, 2.75) is 39.7 Å². The standard InChI is InChI=1S/C18H23F2N3O2/c1-18(2,3)15(24)9-16(21)22-10-12-5-7-17(25)23(12)11-4-6-13(19)14(20)8-11/h4,6,8-9,12,24H,5,7,10H2,1-3H3,(H2,21,22)/b15-9-/t12-/m0/s1. The molecule has 1 atom stereocenters. The number of carbonyl (C=O) groups is 1. The van der Waals surface area contributed by atoms with Gasteiger partial charge in [-0.25, -0.2) is 8.78 Å². The van der Waals surface area contributed by atoms with Crippen LogP contribution in [0.2, 0.25) is 0 Å². The summed E-state index contributed by atoms with van der Waals surface area (Å²) in [7, 11) is 0. The lowest BCUT2D eigenvalue weighted by Gasteiger charge is -2.24. The zero-order chi connectivity index (χ0) is 18.8.